The molecule has 100 valence electrons. The van der Waals surface area contributed by atoms with Gasteiger partial charge in [0.05, 0.1) is 12.3 Å². The summed E-state index contributed by atoms with van der Waals surface area (Å²) in [5, 5.41) is 0. The van der Waals surface area contributed by atoms with E-state index in [1.807, 2.05) is 19.1 Å². The van der Waals surface area contributed by atoms with E-state index in [0.29, 0.717) is 24.2 Å². The van der Waals surface area contributed by atoms with E-state index in [1.54, 1.807) is 0 Å². The highest BCUT2D eigenvalue weighted by molar-refractivity contribution is 5.55. The first kappa shape index (κ1) is 13.0. The zero-order valence-electron chi connectivity index (χ0n) is 11.5. The van der Waals surface area contributed by atoms with Crippen molar-refractivity contribution < 1.29 is 4.74 Å². The molecule has 0 spiro atoms. The summed E-state index contributed by atoms with van der Waals surface area (Å²) < 4.78 is 5.47. The highest BCUT2D eigenvalue weighted by Crippen LogP contribution is 2.33. The largest absolute Gasteiger partial charge is 0.476 e. The fourth-order valence-corrected chi connectivity index (χ4v) is 2.00. The van der Waals surface area contributed by atoms with Gasteiger partial charge >= 0.3 is 0 Å². The van der Waals surface area contributed by atoms with E-state index in [4.69, 9.17) is 10.5 Å². The lowest BCUT2D eigenvalue weighted by Gasteiger charge is -2.28. The molecule has 1 aromatic rings. The van der Waals surface area contributed by atoms with E-state index >= 15 is 0 Å². The molecule has 1 aliphatic carbocycles. The molecule has 0 saturated heterocycles. The van der Waals surface area contributed by atoms with Gasteiger partial charge in [-0.2, -0.15) is 4.98 Å². The van der Waals surface area contributed by atoms with Crippen molar-refractivity contribution in [1.29, 1.82) is 0 Å². The molecule has 2 rings (SSSR count). The van der Waals surface area contributed by atoms with Crippen molar-refractivity contribution in [2.45, 2.75) is 39.7 Å². The number of nitrogen functional groups attached to an aromatic ring is 1. The van der Waals surface area contributed by atoms with Crippen molar-refractivity contribution in [3.05, 3.63) is 12.1 Å². The highest BCUT2D eigenvalue weighted by atomic mass is 16.5. The second-order valence-electron chi connectivity index (χ2n) is 5.19. The third-order valence-electron chi connectivity index (χ3n) is 3.23. The van der Waals surface area contributed by atoms with Crippen LogP contribution in [-0.2, 0) is 0 Å². The van der Waals surface area contributed by atoms with Crippen molar-refractivity contribution in [3.8, 4) is 5.88 Å². The van der Waals surface area contributed by atoms with Crippen LogP contribution in [0.5, 0.6) is 5.88 Å². The maximum absolute atomic E-state index is 5.86. The van der Waals surface area contributed by atoms with Crippen LogP contribution < -0.4 is 15.4 Å². The van der Waals surface area contributed by atoms with Gasteiger partial charge in [0.25, 0.3) is 0 Å². The number of hydrogen-bond acceptors (Lipinski definition) is 4. The maximum Gasteiger partial charge on any atom is 0.239 e. The van der Waals surface area contributed by atoms with E-state index in [1.165, 1.54) is 12.8 Å². The van der Waals surface area contributed by atoms with Gasteiger partial charge in [0.15, 0.2) is 0 Å². The molecule has 0 unspecified atom stereocenters. The standard InChI is InChI=1S/C14H23N3O/c1-4-18-14-12(15)7-8-13(16-14)17(10(2)3)9-11-5-6-11/h7-8,10-11H,4-6,9,15H2,1-3H3. The lowest BCUT2D eigenvalue weighted by Crippen LogP contribution is -2.33. The van der Waals surface area contributed by atoms with E-state index in [0.717, 1.165) is 18.3 Å². The van der Waals surface area contributed by atoms with E-state index in [9.17, 15) is 0 Å². The number of aromatic nitrogens is 1. The predicted octanol–water partition coefficient (Wildman–Crippen LogP) is 2.69. The van der Waals surface area contributed by atoms with Crippen LogP contribution in [0.1, 0.15) is 33.6 Å². The molecular formula is C14H23N3O. The number of pyridine rings is 1. The van der Waals surface area contributed by atoms with Gasteiger partial charge in [0, 0.05) is 12.6 Å². The minimum absolute atomic E-state index is 0.441. The van der Waals surface area contributed by atoms with Gasteiger partial charge in [-0.15, -0.1) is 0 Å². The lowest BCUT2D eigenvalue weighted by molar-refractivity contribution is 0.328. The molecular weight excluding hydrogens is 226 g/mol. The summed E-state index contributed by atoms with van der Waals surface area (Å²) in [6.45, 7) is 8.00. The molecule has 1 saturated carbocycles. The minimum Gasteiger partial charge on any atom is -0.476 e. The quantitative estimate of drug-likeness (QED) is 0.842. The fraction of sp³-hybridized carbons (Fsp3) is 0.643. The summed E-state index contributed by atoms with van der Waals surface area (Å²) >= 11 is 0. The van der Waals surface area contributed by atoms with E-state index in [-0.39, 0.29) is 0 Å². The average Bonchev–Trinajstić information content (AvgIpc) is 3.13. The molecule has 1 fully saturated rings. The second-order valence-corrected chi connectivity index (χ2v) is 5.19. The van der Waals surface area contributed by atoms with Crippen LogP contribution in [-0.4, -0.2) is 24.2 Å². The number of anilines is 2. The average molecular weight is 249 g/mol. The van der Waals surface area contributed by atoms with Gasteiger partial charge in [-0.1, -0.05) is 0 Å². The van der Waals surface area contributed by atoms with Crippen LogP contribution in [0.25, 0.3) is 0 Å². The zero-order valence-corrected chi connectivity index (χ0v) is 11.5. The van der Waals surface area contributed by atoms with Gasteiger partial charge in [-0.25, -0.2) is 0 Å². The molecule has 0 radical (unpaired) electrons. The van der Waals surface area contributed by atoms with E-state index in [2.05, 4.69) is 23.7 Å². The normalized spacial score (nSPS) is 14.9. The van der Waals surface area contributed by atoms with Crippen LogP contribution >= 0.6 is 0 Å². The Bertz CT molecular complexity index is 402. The summed E-state index contributed by atoms with van der Waals surface area (Å²) in [6.07, 6.45) is 2.69. The Morgan fingerprint density at radius 3 is 2.72 bits per heavy atom. The van der Waals surface area contributed by atoms with Gasteiger partial charge in [-0.05, 0) is 51.7 Å². The van der Waals surface area contributed by atoms with Crippen LogP contribution in [0.4, 0.5) is 11.5 Å². The molecule has 4 nitrogen and oxygen atoms in total. The van der Waals surface area contributed by atoms with Crippen LogP contribution in [0.2, 0.25) is 0 Å². The van der Waals surface area contributed by atoms with Crippen molar-refractivity contribution in [2.24, 2.45) is 5.92 Å². The Balaban J connectivity index is 2.20. The number of hydrogen-bond donors (Lipinski definition) is 1. The molecule has 0 aliphatic heterocycles. The minimum atomic E-state index is 0.441. The summed E-state index contributed by atoms with van der Waals surface area (Å²) in [6, 6.07) is 4.31. The molecule has 0 amide bonds. The second kappa shape index (κ2) is 5.46. The van der Waals surface area contributed by atoms with Crippen LogP contribution in [0.15, 0.2) is 12.1 Å². The number of rotatable bonds is 6. The third-order valence-corrected chi connectivity index (χ3v) is 3.23. The number of nitrogens with zero attached hydrogens (tertiary/aromatic N) is 2. The Hall–Kier alpha value is -1.45. The topological polar surface area (TPSA) is 51.4 Å². The third kappa shape index (κ3) is 3.06. The zero-order chi connectivity index (χ0) is 13.1. The molecule has 4 heteroatoms. The molecule has 18 heavy (non-hydrogen) atoms. The van der Waals surface area contributed by atoms with Gasteiger partial charge in [0.2, 0.25) is 5.88 Å². The molecule has 1 aromatic heterocycles. The summed E-state index contributed by atoms with van der Waals surface area (Å²) in [5.41, 5.74) is 6.47. The fourth-order valence-electron chi connectivity index (χ4n) is 2.00. The first-order chi connectivity index (χ1) is 8.61. The Kier molecular flexibility index (Phi) is 3.94. The van der Waals surface area contributed by atoms with Crippen molar-refractivity contribution in [2.75, 3.05) is 23.8 Å². The van der Waals surface area contributed by atoms with Crippen molar-refractivity contribution in [1.82, 2.24) is 4.98 Å². The monoisotopic (exact) mass is 249 g/mol. The first-order valence-corrected chi connectivity index (χ1v) is 6.77. The van der Waals surface area contributed by atoms with Crippen molar-refractivity contribution >= 4 is 11.5 Å². The SMILES string of the molecule is CCOc1nc(N(CC2CC2)C(C)C)ccc1N. The highest BCUT2D eigenvalue weighted by Gasteiger charge is 2.26. The lowest BCUT2D eigenvalue weighted by atomic mass is 10.2. The van der Waals surface area contributed by atoms with Crippen LogP contribution in [0, 0.1) is 5.92 Å². The number of ether oxygens (including phenoxy) is 1. The molecule has 2 N–H and O–H groups in total. The summed E-state index contributed by atoms with van der Waals surface area (Å²) in [4.78, 5) is 6.88. The van der Waals surface area contributed by atoms with Crippen LogP contribution in [0.3, 0.4) is 0 Å². The molecule has 1 aliphatic rings. The molecule has 1 heterocycles. The maximum atomic E-state index is 5.86. The Morgan fingerprint density at radius 2 is 2.17 bits per heavy atom. The summed E-state index contributed by atoms with van der Waals surface area (Å²) in [5.74, 6) is 2.35. The molecule has 0 aromatic carbocycles. The molecule has 0 atom stereocenters. The van der Waals surface area contributed by atoms with E-state index < -0.39 is 0 Å². The Morgan fingerprint density at radius 1 is 1.44 bits per heavy atom. The summed E-state index contributed by atoms with van der Waals surface area (Å²) in [7, 11) is 0. The van der Waals surface area contributed by atoms with Crippen molar-refractivity contribution in [3.63, 3.8) is 0 Å². The smallest absolute Gasteiger partial charge is 0.239 e. The first-order valence-electron chi connectivity index (χ1n) is 6.77. The van der Waals surface area contributed by atoms with Gasteiger partial charge in [0.1, 0.15) is 5.82 Å². The number of nitrogens with two attached hydrogens (primary N) is 1. The predicted molar refractivity (Wildman–Crippen MR) is 75.0 cm³/mol. The molecule has 0 bridgehead atoms. The Labute approximate surface area is 109 Å². The van der Waals surface area contributed by atoms with Gasteiger partial charge in [-0.3, -0.25) is 0 Å². The van der Waals surface area contributed by atoms with Gasteiger partial charge < -0.3 is 15.4 Å².